The van der Waals surface area contributed by atoms with Gasteiger partial charge in [0.15, 0.2) is 10.9 Å². The van der Waals surface area contributed by atoms with Crippen LogP contribution in [-0.4, -0.2) is 29.8 Å². The van der Waals surface area contributed by atoms with Crippen LogP contribution in [0.15, 0.2) is 42.5 Å². The summed E-state index contributed by atoms with van der Waals surface area (Å²) in [6.07, 6.45) is 0. The molecule has 1 aromatic heterocycles. The lowest BCUT2D eigenvalue weighted by molar-refractivity contribution is -0.120. The fourth-order valence-corrected chi connectivity index (χ4v) is 3.86. The van der Waals surface area contributed by atoms with Crippen molar-refractivity contribution in [1.82, 2.24) is 4.98 Å². The topological polar surface area (TPSA) is 62.3 Å². The highest BCUT2D eigenvalue weighted by Gasteiger charge is 2.34. The molecule has 0 saturated carbocycles. The second-order valence-electron chi connectivity index (χ2n) is 6.33. The maximum Gasteiger partial charge on any atom is 0.231 e. The SMILES string of the molecule is CC(=O)c1ccc(NC(=O)C2CN(c3nc4ccc(F)cc4s3)C2)cc1. The van der Waals surface area contributed by atoms with Gasteiger partial charge in [0.25, 0.3) is 0 Å². The number of benzene rings is 2. The zero-order valence-corrected chi connectivity index (χ0v) is 14.8. The first-order chi connectivity index (χ1) is 12.5. The van der Waals surface area contributed by atoms with Crippen LogP contribution >= 0.6 is 11.3 Å². The first-order valence-electron chi connectivity index (χ1n) is 8.22. The lowest BCUT2D eigenvalue weighted by Gasteiger charge is -2.37. The van der Waals surface area contributed by atoms with E-state index in [4.69, 9.17) is 0 Å². The van der Waals surface area contributed by atoms with Gasteiger partial charge in [-0.2, -0.15) is 0 Å². The fraction of sp³-hybridized carbons (Fsp3) is 0.211. The zero-order valence-electron chi connectivity index (χ0n) is 14.0. The minimum absolute atomic E-state index is 0.00627. The van der Waals surface area contributed by atoms with Crippen molar-refractivity contribution >= 4 is 44.1 Å². The van der Waals surface area contributed by atoms with Crippen molar-refractivity contribution in [3.63, 3.8) is 0 Å². The van der Waals surface area contributed by atoms with Crippen LogP contribution in [0.3, 0.4) is 0 Å². The maximum atomic E-state index is 13.3. The molecule has 26 heavy (non-hydrogen) atoms. The van der Waals surface area contributed by atoms with E-state index in [2.05, 4.69) is 10.3 Å². The van der Waals surface area contributed by atoms with E-state index in [1.165, 1.54) is 30.4 Å². The smallest absolute Gasteiger partial charge is 0.231 e. The van der Waals surface area contributed by atoms with Crippen LogP contribution < -0.4 is 10.2 Å². The summed E-state index contributed by atoms with van der Waals surface area (Å²) in [7, 11) is 0. The number of anilines is 2. The number of ketones is 1. The number of nitrogens with one attached hydrogen (secondary N) is 1. The minimum Gasteiger partial charge on any atom is -0.346 e. The molecule has 1 amide bonds. The van der Waals surface area contributed by atoms with E-state index in [1.807, 2.05) is 4.90 Å². The Bertz CT molecular complexity index is 994. The van der Waals surface area contributed by atoms with Gasteiger partial charge in [-0.25, -0.2) is 9.37 Å². The standard InChI is InChI=1S/C19H16FN3O2S/c1-11(24)12-2-5-15(6-3-12)21-18(25)13-9-23(10-13)19-22-16-7-4-14(20)8-17(16)26-19/h2-8,13H,9-10H2,1H3,(H,21,25). The average molecular weight is 369 g/mol. The van der Waals surface area contributed by atoms with E-state index < -0.39 is 0 Å². The molecule has 5 nitrogen and oxygen atoms in total. The number of aromatic nitrogens is 1. The van der Waals surface area contributed by atoms with Gasteiger partial charge in [-0.05, 0) is 49.4 Å². The van der Waals surface area contributed by atoms with Gasteiger partial charge < -0.3 is 10.2 Å². The van der Waals surface area contributed by atoms with Gasteiger partial charge in [-0.1, -0.05) is 11.3 Å². The summed E-state index contributed by atoms with van der Waals surface area (Å²) < 4.78 is 14.1. The van der Waals surface area contributed by atoms with Crippen LogP contribution in [0.25, 0.3) is 10.2 Å². The van der Waals surface area contributed by atoms with Crippen molar-refractivity contribution in [2.24, 2.45) is 5.92 Å². The Labute approximate surface area is 153 Å². The molecule has 1 aliphatic heterocycles. The Balaban J connectivity index is 1.37. The Kier molecular flexibility index (Phi) is 4.16. The Morgan fingerprint density at radius 3 is 2.62 bits per heavy atom. The summed E-state index contributed by atoms with van der Waals surface area (Å²) in [6, 6.07) is 11.4. The second-order valence-corrected chi connectivity index (χ2v) is 7.34. The molecule has 2 aromatic carbocycles. The summed E-state index contributed by atoms with van der Waals surface area (Å²) in [5, 5.41) is 3.68. The predicted octanol–water partition coefficient (Wildman–Crippen LogP) is 3.71. The van der Waals surface area contributed by atoms with Crippen LogP contribution in [0.1, 0.15) is 17.3 Å². The molecule has 1 saturated heterocycles. The molecule has 1 N–H and O–H groups in total. The molecule has 0 spiro atoms. The number of hydrogen-bond acceptors (Lipinski definition) is 5. The summed E-state index contributed by atoms with van der Waals surface area (Å²) in [4.78, 5) is 30.1. The second kappa shape index (κ2) is 6.49. The number of amides is 1. The Morgan fingerprint density at radius 1 is 1.19 bits per heavy atom. The van der Waals surface area contributed by atoms with Crippen molar-refractivity contribution in [2.45, 2.75) is 6.92 Å². The summed E-state index contributed by atoms with van der Waals surface area (Å²) in [5.41, 5.74) is 2.06. The molecule has 4 rings (SSSR count). The number of Topliss-reactive ketones (excluding diaryl/α,β-unsaturated/α-hetero) is 1. The van der Waals surface area contributed by atoms with E-state index in [0.29, 0.717) is 24.3 Å². The first kappa shape index (κ1) is 16.7. The molecular formula is C19H16FN3O2S. The Hall–Kier alpha value is -2.80. The lowest BCUT2D eigenvalue weighted by atomic mass is 10.00. The number of carbonyl (C=O) groups is 2. The van der Waals surface area contributed by atoms with Crippen LogP contribution in [-0.2, 0) is 4.79 Å². The van der Waals surface area contributed by atoms with Gasteiger partial charge in [0.1, 0.15) is 5.82 Å². The van der Waals surface area contributed by atoms with E-state index in [9.17, 15) is 14.0 Å². The summed E-state index contributed by atoms with van der Waals surface area (Å²) >= 11 is 1.43. The van der Waals surface area contributed by atoms with Gasteiger partial charge in [-0.15, -0.1) is 0 Å². The molecule has 0 aliphatic carbocycles. The number of rotatable bonds is 4. The summed E-state index contributed by atoms with van der Waals surface area (Å²) in [6.45, 7) is 2.67. The van der Waals surface area contributed by atoms with Crippen LogP contribution in [0, 0.1) is 11.7 Å². The quantitative estimate of drug-likeness (QED) is 0.712. The highest BCUT2D eigenvalue weighted by molar-refractivity contribution is 7.22. The van der Waals surface area contributed by atoms with Crippen LogP contribution in [0.4, 0.5) is 15.2 Å². The van der Waals surface area contributed by atoms with E-state index in [-0.39, 0.29) is 23.4 Å². The maximum absolute atomic E-state index is 13.3. The van der Waals surface area contributed by atoms with Crippen molar-refractivity contribution < 1.29 is 14.0 Å². The van der Waals surface area contributed by atoms with Crippen molar-refractivity contribution in [2.75, 3.05) is 23.3 Å². The van der Waals surface area contributed by atoms with Crippen molar-refractivity contribution in [3.05, 3.63) is 53.8 Å². The van der Waals surface area contributed by atoms with E-state index in [1.54, 1.807) is 30.3 Å². The predicted molar refractivity (Wildman–Crippen MR) is 100 cm³/mol. The molecule has 3 aromatic rings. The number of hydrogen-bond donors (Lipinski definition) is 1. The van der Waals surface area contributed by atoms with Gasteiger partial charge in [0, 0.05) is 24.3 Å². The lowest BCUT2D eigenvalue weighted by Crippen LogP contribution is -2.52. The molecule has 0 unspecified atom stereocenters. The number of carbonyl (C=O) groups excluding carboxylic acids is 2. The minimum atomic E-state index is -0.274. The third-order valence-electron chi connectivity index (χ3n) is 4.42. The van der Waals surface area contributed by atoms with Crippen molar-refractivity contribution in [3.8, 4) is 0 Å². The van der Waals surface area contributed by atoms with Crippen molar-refractivity contribution in [1.29, 1.82) is 0 Å². The number of thiazole rings is 1. The number of nitrogens with zero attached hydrogens (tertiary/aromatic N) is 2. The average Bonchev–Trinajstić information content (AvgIpc) is 2.96. The molecule has 0 atom stereocenters. The number of fused-ring (bicyclic) bond motifs is 1. The van der Waals surface area contributed by atoms with Gasteiger partial charge in [0.05, 0.1) is 16.1 Å². The van der Waals surface area contributed by atoms with Gasteiger partial charge in [0.2, 0.25) is 5.91 Å². The largest absolute Gasteiger partial charge is 0.346 e. The fourth-order valence-electron chi connectivity index (χ4n) is 2.85. The highest BCUT2D eigenvalue weighted by Crippen LogP contribution is 2.33. The molecule has 0 bridgehead atoms. The van der Waals surface area contributed by atoms with E-state index >= 15 is 0 Å². The summed E-state index contributed by atoms with van der Waals surface area (Å²) in [5.74, 6) is -0.451. The van der Waals surface area contributed by atoms with Crippen LogP contribution in [0.5, 0.6) is 0 Å². The zero-order chi connectivity index (χ0) is 18.3. The Morgan fingerprint density at radius 2 is 1.92 bits per heavy atom. The molecule has 2 heterocycles. The monoisotopic (exact) mass is 369 g/mol. The molecular weight excluding hydrogens is 353 g/mol. The van der Waals surface area contributed by atoms with Gasteiger partial charge in [-0.3, -0.25) is 9.59 Å². The third-order valence-corrected chi connectivity index (χ3v) is 5.50. The van der Waals surface area contributed by atoms with E-state index in [0.717, 1.165) is 15.3 Å². The molecule has 132 valence electrons. The van der Waals surface area contributed by atoms with Gasteiger partial charge >= 0.3 is 0 Å². The highest BCUT2D eigenvalue weighted by atomic mass is 32.1. The molecule has 1 fully saturated rings. The molecule has 7 heteroatoms. The molecule has 1 aliphatic rings. The first-order valence-corrected chi connectivity index (χ1v) is 9.04. The number of halogens is 1. The van der Waals surface area contributed by atoms with Crippen LogP contribution in [0.2, 0.25) is 0 Å². The molecule has 0 radical (unpaired) electrons. The normalized spacial score (nSPS) is 14.3. The third kappa shape index (κ3) is 3.17.